The van der Waals surface area contributed by atoms with Crippen molar-refractivity contribution in [1.82, 2.24) is 9.78 Å². The van der Waals surface area contributed by atoms with Crippen molar-refractivity contribution in [3.63, 3.8) is 0 Å². The quantitative estimate of drug-likeness (QED) is 0.670. The molecule has 0 saturated carbocycles. The van der Waals surface area contributed by atoms with Gasteiger partial charge in [-0.3, -0.25) is 4.79 Å². The van der Waals surface area contributed by atoms with Crippen LogP contribution in [0.3, 0.4) is 0 Å². The van der Waals surface area contributed by atoms with Crippen molar-refractivity contribution in [2.45, 2.75) is 6.61 Å². The van der Waals surface area contributed by atoms with Crippen molar-refractivity contribution in [3.05, 3.63) is 77.4 Å². The van der Waals surface area contributed by atoms with Gasteiger partial charge in [-0.2, -0.15) is 5.10 Å². The number of benzene rings is 2. The molecule has 4 nitrogen and oxygen atoms in total. The zero-order chi connectivity index (χ0) is 17.1. The maximum atomic E-state index is 13.7. The molecule has 0 aliphatic rings. The zero-order valence-corrected chi connectivity index (χ0v) is 12.2. The average Bonchev–Trinajstić information content (AvgIpc) is 3.03. The summed E-state index contributed by atoms with van der Waals surface area (Å²) in [5.41, 5.74) is 0.950. The lowest BCUT2D eigenvalue weighted by molar-refractivity contribution is 0.112. The first-order valence-electron chi connectivity index (χ1n) is 6.94. The Morgan fingerprint density at radius 2 is 1.71 bits per heavy atom. The van der Waals surface area contributed by atoms with E-state index in [0.29, 0.717) is 17.7 Å². The predicted molar refractivity (Wildman–Crippen MR) is 79.6 cm³/mol. The summed E-state index contributed by atoms with van der Waals surface area (Å²) in [4.78, 5) is 10.5. The smallest absolute Gasteiger partial charge is 0.191 e. The zero-order valence-electron chi connectivity index (χ0n) is 12.2. The Morgan fingerprint density at radius 3 is 2.33 bits per heavy atom. The number of hydrogen-bond donors (Lipinski definition) is 0. The van der Waals surface area contributed by atoms with Crippen LogP contribution in [0.4, 0.5) is 13.2 Å². The lowest BCUT2D eigenvalue weighted by Crippen LogP contribution is -2.03. The topological polar surface area (TPSA) is 44.1 Å². The largest absolute Gasteiger partial charge is 0.481 e. The van der Waals surface area contributed by atoms with E-state index in [1.165, 1.54) is 16.8 Å². The molecule has 0 amide bonds. The molecular formula is C17H11F3N2O2. The number of carbonyl (C=O) groups is 1. The first-order valence-corrected chi connectivity index (χ1v) is 6.94. The molecule has 24 heavy (non-hydrogen) atoms. The average molecular weight is 332 g/mol. The van der Waals surface area contributed by atoms with Gasteiger partial charge in [0.15, 0.2) is 17.4 Å². The third-order valence-electron chi connectivity index (χ3n) is 3.26. The summed E-state index contributed by atoms with van der Waals surface area (Å²) >= 11 is 0. The third kappa shape index (κ3) is 3.29. The van der Waals surface area contributed by atoms with E-state index in [4.69, 9.17) is 4.74 Å². The number of ether oxygens (including phenoxy) is 1. The van der Waals surface area contributed by atoms with Gasteiger partial charge in [0.25, 0.3) is 0 Å². The van der Waals surface area contributed by atoms with Gasteiger partial charge in [0.1, 0.15) is 24.4 Å². The highest BCUT2D eigenvalue weighted by Gasteiger charge is 2.13. The van der Waals surface area contributed by atoms with Crippen molar-refractivity contribution in [2.75, 3.05) is 0 Å². The summed E-state index contributed by atoms with van der Waals surface area (Å²) in [6, 6.07) is 9.08. The number of aldehydes is 1. The minimum absolute atomic E-state index is 0.113. The lowest BCUT2D eigenvalue weighted by Gasteiger charge is -2.07. The van der Waals surface area contributed by atoms with Gasteiger partial charge in [0.2, 0.25) is 0 Å². The Morgan fingerprint density at radius 1 is 1.04 bits per heavy atom. The molecule has 3 aromatic rings. The first-order chi connectivity index (χ1) is 11.6. The van der Waals surface area contributed by atoms with Gasteiger partial charge in [-0.15, -0.1) is 0 Å². The molecule has 0 fully saturated rings. The number of carbonyl (C=O) groups excluding carboxylic acids is 1. The fourth-order valence-corrected chi connectivity index (χ4v) is 2.11. The normalized spacial score (nSPS) is 10.6. The van der Waals surface area contributed by atoms with Gasteiger partial charge in [-0.1, -0.05) is 0 Å². The molecule has 0 unspecified atom stereocenters. The van der Waals surface area contributed by atoms with E-state index >= 15 is 0 Å². The predicted octanol–water partition coefficient (Wildman–Crippen LogP) is 3.68. The maximum absolute atomic E-state index is 13.7. The summed E-state index contributed by atoms with van der Waals surface area (Å²) in [5.74, 6) is -2.86. The number of halogens is 3. The summed E-state index contributed by atoms with van der Waals surface area (Å²) < 4.78 is 47.0. The van der Waals surface area contributed by atoms with E-state index in [1.807, 2.05) is 0 Å². The maximum Gasteiger partial charge on any atom is 0.191 e. The minimum atomic E-state index is -0.963. The van der Waals surface area contributed by atoms with Crippen LogP contribution in [0, 0.1) is 17.5 Å². The first kappa shape index (κ1) is 15.8. The Kier molecular flexibility index (Phi) is 4.33. The van der Waals surface area contributed by atoms with E-state index in [9.17, 15) is 18.0 Å². The molecular weight excluding hydrogens is 321 g/mol. The van der Waals surface area contributed by atoms with Crippen LogP contribution in [0.5, 0.6) is 5.75 Å². The van der Waals surface area contributed by atoms with Gasteiger partial charge in [0, 0.05) is 11.8 Å². The van der Waals surface area contributed by atoms with Crippen LogP contribution in [0.15, 0.2) is 48.7 Å². The second-order valence-corrected chi connectivity index (χ2v) is 4.95. The second-order valence-electron chi connectivity index (χ2n) is 4.95. The summed E-state index contributed by atoms with van der Waals surface area (Å²) in [6.45, 7) is -0.164. The second kappa shape index (κ2) is 6.57. The van der Waals surface area contributed by atoms with Crippen molar-refractivity contribution in [1.29, 1.82) is 0 Å². The standard InChI is InChI=1S/C17H11F3N2O2/c18-12-1-3-14(4-2-12)22-6-5-13(21-22)10-24-17-15(19)7-11(9-23)8-16(17)20/h1-9H,10H2. The molecule has 1 aromatic heterocycles. The third-order valence-corrected chi connectivity index (χ3v) is 3.26. The Balaban J connectivity index is 1.74. The summed E-state index contributed by atoms with van der Waals surface area (Å²) in [5, 5.41) is 4.19. The molecule has 7 heteroatoms. The SMILES string of the molecule is O=Cc1cc(F)c(OCc2ccn(-c3ccc(F)cc3)n2)c(F)c1. The van der Waals surface area contributed by atoms with Crippen LogP contribution in [0.25, 0.3) is 5.69 Å². The molecule has 0 N–H and O–H groups in total. The number of aromatic nitrogens is 2. The van der Waals surface area contributed by atoms with Gasteiger partial charge >= 0.3 is 0 Å². The van der Waals surface area contributed by atoms with E-state index < -0.39 is 17.4 Å². The van der Waals surface area contributed by atoms with Crippen molar-refractivity contribution >= 4 is 6.29 Å². The molecule has 1 heterocycles. The molecule has 0 radical (unpaired) electrons. The Labute approximate surface area is 135 Å². The van der Waals surface area contributed by atoms with Crippen LogP contribution in [0.2, 0.25) is 0 Å². The summed E-state index contributed by atoms with van der Waals surface area (Å²) in [6.07, 6.45) is 1.97. The van der Waals surface area contributed by atoms with Gasteiger partial charge in [0.05, 0.1) is 5.69 Å². The van der Waals surface area contributed by atoms with Gasteiger partial charge < -0.3 is 4.74 Å². The van der Waals surface area contributed by atoms with Crippen molar-refractivity contribution < 1.29 is 22.7 Å². The lowest BCUT2D eigenvalue weighted by atomic mass is 10.2. The summed E-state index contributed by atoms with van der Waals surface area (Å²) in [7, 11) is 0. The number of hydrogen-bond acceptors (Lipinski definition) is 3. The highest BCUT2D eigenvalue weighted by atomic mass is 19.1. The highest BCUT2D eigenvalue weighted by Crippen LogP contribution is 2.23. The fraction of sp³-hybridized carbons (Fsp3) is 0.0588. The fourth-order valence-electron chi connectivity index (χ4n) is 2.11. The highest BCUT2D eigenvalue weighted by molar-refractivity contribution is 5.75. The molecule has 0 aliphatic heterocycles. The van der Waals surface area contributed by atoms with Crippen molar-refractivity contribution in [3.8, 4) is 11.4 Å². The number of rotatable bonds is 5. The molecule has 0 aliphatic carbocycles. The molecule has 0 bridgehead atoms. The molecule has 0 spiro atoms. The Bertz CT molecular complexity index is 853. The molecule has 2 aromatic carbocycles. The van der Waals surface area contributed by atoms with Gasteiger partial charge in [-0.25, -0.2) is 17.9 Å². The Hall–Kier alpha value is -3.09. The molecule has 122 valence electrons. The molecule has 0 atom stereocenters. The van der Waals surface area contributed by atoms with Crippen LogP contribution in [0.1, 0.15) is 16.1 Å². The van der Waals surface area contributed by atoms with Crippen molar-refractivity contribution in [2.24, 2.45) is 0 Å². The monoisotopic (exact) mass is 332 g/mol. The van der Waals surface area contributed by atoms with E-state index in [0.717, 1.165) is 12.1 Å². The molecule has 0 saturated heterocycles. The van der Waals surface area contributed by atoms with Gasteiger partial charge in [-0.05, 0) is 42.5 Å². The van der Waals surface area contributed by atoms with Crippen LogP contribution < -0.4 is 4.74 Å². The van der Waals surface area contributed by atoms with E-state index in [1.54, 1.807) is 24.4 Å². The van der Waals surface area contributed by atoms with Crippen LogP contribution >= 0.6 is 0 Å². The minimum Gasteiger partial charge on any atom is -0.481 e. The van der Waals surface area contributed by atoms with E-state index in [2.05, 4.69) is 5.10 Å². The van der Waals surface area contributed by atoms with E-state index in [-0.39, 0.29) is 18.0 Å². The van der Waals surface area contributed by atoms with Crippen LogP contribution in [-0.4, -0.2) is 16.1 Å². The van der Waals surface area contributed by atoms with Crippen LogP contribution in [-0.2, 0) is 6.61 Å². The molecule has 3 rings (SSSR count). The number of nitrogens with zero attached hydrogens (tertiary/aromatic N) is 2.